The lowest BCUT2D eigenvalue weighted by Crippen LogP contribution is -2.24. The molecule has 2 aromatic rings. The van der Waals surface area contributed by atoms with Crippen molar-refractivity contribution in [1.29, 1.82) is 0 Å². The smallest absolute Gasteiger partial charge is 0.271 e. The van der Waals surface area contributed by atoms with E-state index in [1.807, 2.05) is 0 Å². The van der Waals surface area contributed by atoms with Crippen molar-refractivity contribution in [3.8, 4) is 11.5 Å². The summed E-state index contributed by atoms with van der Waals surface area (Å²) in [6.45, 7) is 0. The molecule has 1 aliphatic carbocycles. The number of amides is 2. The van der Waals surface area contributed by atoms with Crippen LogP contribution in [0.5, 0.6) is 11.5 Å². The average Bonchev–Trinajstić information content (AvgIpc) is 2.80. The molecule has 2 N–H and O–H groups in total. The maximum Gasteiger partial charge on any atom is 0.271 e. The first-order valence-electron chi connectivity index (χ1n) is 10.2. The highest BCUT2D eigenvalue weighted by Crippen LogP contribution is 2.32. The Morgan fingerprint density at radius 1 is 1.03 bits per heavy atom. The van der Waals surface area contributed by atoms with Crippen molar-refractivity contribution in [2.24, 2.45) is 11.0 Å². The molecule has 7 nitrogen and oxygen atoms in total. The number of carbonyl (C=O) groups is 2. The molecule has 3 rings (SSSR count). The van der Waals surface area contributed by atoms with Gasteiger partial charge in [-0.1, -0.05) is 30.9 Å². The normalized spacial score (nSPS) is 14.3. The zero-order valence-electron chi connectivity index (χ0n) is 17.6. The van der Waals surface area contributed by atoms with Gasteiger partial charge in [-0.25, -0.2) is 5.43 Å². The molecule has 0 saturated heterocycles. The summed E-state index contributed by atoms with van der Waals surface area (Å²) in [7, 11) is 3.05. The van der Waals surface area contributed by atoms with Gasteiger partial charge in [-0.15, -0.1) is 0 Å². The van der Waals surface area contributed by atoms with Crippen LogP contribution in [0.2, 0.25) is 5.02 Å². The second-order valence-corrected chi connectivity index (χ2v) is 7.74. The minimum Gasteiger partial charge on any atom is -0.493 e. The molecule has 0 unspecified atom stereocenters. The summed E-state index contributed by atoms with van der Waals surface area (Å²) in [5.41, 5.74) is 4.13. The number of halogens is 1. The maximum atomic E-state index is 12.3. The zero-order chi connectivity index (χ0) is 22.2. The Hall–Kier alpha value is -3.06. The molecule has 0 heterocycles. The fraction of sp³-hybridized carbons (Fsp3) is 0.348. The number of hydrogen-bond acceptors (Lipinski definition) is 5. The van der Waals surface area contributed by atoms with Crippen LogP contribution >= 0.6 is 11.6 Å². The topological polar surface area (TPSA) is 89.0 Å². The second-order valence-electron chi connectivity index (χ2n) is 7.33. The molecule has 0 spiro atoms. The van der Waals surface area contributed by atoms with E-state index in [9.17, 15) is 9.59 Å². The van der Waals surface area contributed by atoms with E-state index in [0.717, 1.165) is 25.7 Å². The van der Waals surface area contributed by atoms with Gasteiger partial charge in [0.15, 0.2) is 11.5 Å². The Morgan fingerprint density at radius 2 is 1.68 bits per heavy atom. The molecule has 2 aromatic carbocycles. The Morgan fingerprint density at radius 3 is 2.32 bits per heavy atom. The third-order valence-corrected chi connectivity index (χ3v) is 5.59. The molecule has 0 aliphatic heterocycles. The summed E-state index contributed by atoms with van der Waals surface area (Å²) < 4.78 is 10.4. The van der Waals surface area contributed by atoms with Crippen molar-refractivity contribution >= 4 is 35.3 Å². The highest BCUT2D eigenvalue weighted by molar-refractivity contribution is 6.33. The standard InChI is InChI=1S/C23H26ClN3O4/c1-30-20-12-17(19(24)13-21(20)31-2)14-25-27-23(29)16-8-10-18(11-9-16)26-22(28)15-6-4-3-5-7-15/h8-15H,3-7H2,1-2H3,(H,26,28)(H,27,29)/b25-14+. The summed E-state index contributed by atoms with van der Waals surface area (Å²) in [6.07, 6.45) is 6.72. The minimum atomic E-state index is -0.377. The first-order valence-corrected chi connectivity index (χ1v) is 10.6. The van der Waals surface area contributed by atoms with E-state index in [0.29, 0.717) is 33.3 Å². The summed E-state index contributed by atoms with van der Waals surface area (Å²) in [5.74, 6) is 0.760. The van der Waals surface area contributed by atoms with Crippen molar-refractivity contribution < 1.29 is 19.1 Å². The van der Waals surface area contributed by atoms with Gasteiger partial charge in [0.25, 0.3) is 5.91 Å². The number of benzene rings is 2. The van der Waals surface area contributed by atoms with Gasteiger partial charge in [0.05, 0.1) is 25.5 Å². The highest BCUT2D eigenvalue weighted by atomic mass is 35.5. The fourth-order valence-electron chi connectivity index (χ4n) is 3.51. The zero-order valence-corrected chi connectivity index (χ0v) is 18.4. The molecule has 0 radical (unpaired) electrons. The number of rotatable bonds is 7. The monoisotopic (exact) mass is 443 g/mol. The molecule has 0 atom stereocenters. The second kappa shape index (κ2) is 10.8. The van der Waals surface area contributed by atoms with Crippen molar-refractivity contribution in [3.63, 3.8) is 0 Å². The lowest BCUT2D eigenvalue weighted by Gasteiger charge is -2.20. The summed E-state index contributed by atoms with van der Waals surface area (Å²) >= 11 is 6.21. The van der Waals surface area contributed by atoms with Gasteiger partial charge in [-0.05, 0) is 43.2 Å². The molecule has 31 heavy (non-hydrogen) atoms. The SMILES string of the molecule is COc1cc(Cl)c(/C=N/NC(=O)c2ccc(NC(=O)C3CCCCC3)cc2)cc1OC. The molecule has 0 aromatic heterocycles. The predicted molar refractivity (Wildman–Crippen MR) is 121 cm³/mol. The molecule has 1 saturated carbocycles. The van der Waals surface area contributed by atoms with Crippen LogP contribution in [-0.4, -0.2) is 32.2 Å². The first kappa shape index (κ1) is 22.6. The van der Waals surface area contributed by atoms with E-state index in [4.69, 9.17) is 21.1 Å². The van der Waals surface area contributed by atoms with Crippen molar-refractivity contribution in [1.82, 2.24) is 5.43 Å². The van der Waals surface area contributed by atoms with E-state index >= 15 is 0 Å². The first-order chi connectivity index (χ1) is 15.0. The van der Waals surface area contributed by atoms with Gasteiger partial charge >= 0.3 is 0 Å². The van der Waals surface area contributed by atoms with Gasteiger partial charge in [-0.3, -0.25) is 9.59 Å². The number of nitrogens with zero attached hydrogens (tertiary/aromatic N) is 1. The summed E-state index contributed by atoms with van der Waals surface area (Å²) in [5, 5.41) is 7.31. The Balaban J connectivity index is 1.58. The lowest BCUT2D eigenvalue weighted by atomic mass is 9.88. The van der Waals surface area contributed by atoms with Crippen molar-refractivity contribution in [2.75, 3.05) is 19.5 Å². The van der Waals surface area contributed by atoms with Crippen LogP contribution in [0.15, 0.2) is 41.5 Å². The maximum absolute atomic E-state index is 12.3. The number of ether oxygens (including phenoxy) is 2. The van der Waals surface area contributed by atoms with Crippen LogP contribution in [-0.2, 0) is 4.79 Å². The van der Waals surface area contributed by atoms with Gasteiger partial charge in [-0.2, -0.15) is 5.10 Å². The van der Waals surface area contributed by atoms with Crippen molar-refractivity contribution in [2.45, 2.75) is 32.1 Å². The molecule has 164 valence electrons. The largest absolute Gasteiger partial charge is 0.493 e. The van der Waals surface area contributed by atoms with Gasteiger partial charge in [0, 0.05) is 28.8 Å². The Labute approximate surface area is 186 Å². The summed E-state index contributed by atoms with van der Waals surface area (Å²) in [4.78, 5) is 24.7. The number of anilines is 1. The minimum absolute atomic E-state index is 0.0494. The van der Waals surface area contributed by atoms with E-state index in [1.165, 1.54) is 26.9 Å². The van der Waals surface area contributed by atoms with Crippen LogP contribution in [0.25, 0.3) is 0 Å². The number of methoxy groups -OCH3 is 2. The lowest BCUT2D eigenvalue weighted by molar-refractivity contribution is -0.120. The third kappa shape index (κ3) is 5.98. The molecular weight excluding hydrogens is 418 g/mol. The van der Waals surface area contributed by atoms with E-state index in [2.05, 4.69) is 15.8 Å². The van der Waals surface area contributed by atoms with Crippen molar-refractivity contribution in [3.05, 3.63) is 52.5 Å². The Kier molecular flexibility index (Phi) is 7.89. The van der Waals surface area contributed by atoms with E-state index in [-0.39, 0.29) is 17.7 Å². The van der Waals surface area contributed by atoms with Gasteiger partial charge < -0.3 is 14.8 Å². The molecule has 0 bridgehead atoms. The number of carbonyl (C=O) groups excluding carboxylic acids is 2. The summed E-state index contributed by atoms with van der Waals surface area (Å²) in [6, 6.07) is 10.00. The molecule has 1 aliphatic rings. The number of hydrazone groups is 1. The number of nitrogens with one attached hydrogen (secondary N) is 2. The van der Waals surface area contributed by atoms with Gasteiger partial charge in [0.1, 0.15) is 0 Å². The Bertz CT molecular complexity index is 954. The highest BCUT2D eigenvalue weighted by Gasteiger charge is 2.21. The van der Waals surface area contributed by atoms with Crippen LogP contribution in [0, 0.1) is 5.92 Å². The molecule has 2 amide bonds. The van der Waals surface area contributed by atoms with E-state index in [1.54, 1.807) is 36.4 Å². The average molecular weight is 444 g/mol. The van der Waals surface area contributed by atoms with E-state index < -0.39 is 0 Å². The van der Waals surface area contributed by atoms with Crippen LogP contribution in [0.1, 0.15) is 48.0 Å². The molecule has 1 fully saturated rings. The third-order valence-electron chi connectivity index (χ3n) is 5.26. The molecular formula is C23H26ClN3O4. The van der Waals surface area contributed by atoms with Gasteiger partial charge in [0.2, 0.25) is 5.91 Å². The number of hydrogen-bond donors (Lipinski definition) is 2. The predicted octanol–water partition coefficient (Wildman–Crippen LogP) is 4.64. The molecule has 8 heteroatoms. The van der Waals surface area contributed by atoms with Crippen LogP contribution < -0.4 is 20.2 Å². The fourth-order valence-corrected chi connectivity index (χ4v) is 3.71. The van der Waals surface area contributed by atoms with Crippen LogP contribution in [0.4, 0.5) is 5.69 Å². The quantitative estimate of drug-likeness (QED) is 0.482. The van der Waals surface area contributed by atoms with Crippen LogP contribution in [0.3, 0.4) is 0 Å².